The van der Waals surface area contributed by atoms with Crippen molar-refractivity contribution in [1.29, 1.82) is 0 Å². The summed E-state index contributed by atoms with van der Waals surface area (Å²) < 4.78 is 10.3. The minimum Gasteiger partial charge on any atom is -0.462 e. The van der Waals surface area contributed by atoms with Crippen LogP contribution in [0, 0.1) is 6.92 Å². The second-order valence-corrected chi connectivity index (χ2v) is 7.78. The molecule has 1 saturated heterocycles. The van der Waals surface area contributed by atoms with Crippen molar-refractivity contribution < 1.29 is 23.5 Å². The fourth-order valence-electron chi connectivity index (χ4n) is 3.19. The first kappa shape index (κ1) is 21.1. The molecule has 1 fully saturated rings. The summed E-state index contributed by atoms with van der Waals surface area (Å²) in [5.74, 6) is 0.197. The summed E-state index contributed by atoms with van der Waals surface area (Å²) in [5, 5.41) is 8.03. The first-order valence-corrected chi connectivity index (χ1v) is 10.5. The van der Waals surface area contributed by atoms with E-state index in [2.05, 4.69) is 10.6 Å². The maximum absolute atomic E-state index is 12.4. The number of furan rings is 1. The van der Waals surface area contributed by atoms with Crippen LogP contribution in [0.4, 0.5) is 5.00 Å². The number of hydrogen-bond donors (Lipinski definition) is 2. The number of carbonyl (C=O) groups excluding carboxylic acids is 3. The summed E-state index contributed by atoms with van der Waals surface area (Å²) in [4.78, 5) is 38.5. The Morgan fingerprint density at radius 3 is 2.66 bits per heavy atom. The highest BCUT2D eigenvalue weighted by Crippen LogP contribution is 2.24. The number of hydrogen-bond acceptors (Lipinski definition) is 7. The summed E-state index contributed by atoms with van der Waals surface area (Å²) in [5.41, 5.74) is 0.375. The summed E-state index contributed by atoms with van der Waals surface area (Å²) in [6, 6.07) is 5.13. The zero-order valence-corrected chi connectivity index (χ0v) is 17.3. The average molecular weight is 420 g/mol. The predicted octanol–water partition coefficient (Wildman–Crippen LogP) is 2.66. The maximum Gasteiger partial charge on any atom is 0.341 e. The van der Waals surface area contributed by atoms with Gasteiger partial charge in [0, 0.05) is 19.1 Å². The highest BCUT2D eigenvalue weighted by atomic mass is 32.1. The van der Waals surface area contributed by atoms with E-state index in [4.69, 9.17) is 9.15 Å². The van der Waals surface area contributed by atoms with Gasteiger partial charge in [-0.05, 0) is 50.3 Å². The maximum atomic E-state index is 12.4. The van der Waals surface area contributed by atoms with Crippen LogP contribution in [0.1, 0.15) is 46.4 Å². The van der Waals surface area contributed by atoms with E-state index in [0.29, 0.717) is 35.2 Å². The number of nitrogens with one attached hydrogen (secondary N) is 2. The molecule has 2 aromatic rings. The van der Waals surface area contributed by atoms with Crippen LogP contribution in [-0.4, -0.2) is 55.0 Å². The summed E-state index contributed by atoms with van der Waals surface area (Å²) in [7, 11) is 0. The zero-order chi connectivity index (χ0) is 20.8. The van der Waals surface area contributed by atoms with Crippen LogP contribution >= 0.6 is 11.3 Å². The Bertz CT molecular complexity index is 867. The van der Waals surface area contributed by atoms with Gasteiger partial charge in [0.2, 0.25) is 5.91 Å². The number of nitrogens with zero attached hydrogens (tertiary/aromatic N) is 1. The number of rotatable bonds is 7. The molecular weight excluding hydrogens is 394 g/mol. The van der Waals surface area contributed by atoms with E-state index < -0.39 is 5.97 Å². The Kier molecular flexibility index (Phi) is 7.05. The van der Waals surface area contributed by atoms with Gasteiger partial charge in [0.25, 0.3) is 5.91 Å². The lowest BCUT2D eigenvalue weighted by atomic mass is 10.0. The summed E-state index contributed by atoms with van der Waals surface area (Å²) >= 11 is 1.29. The second kappa shape index (κ2) is 9.71. The molecule has 2 N–H and O–H groups in total. The molecule has 0 saturated carbocycles. The largest absolute Gasteiger partial charge is 0.462 e. The van der Waals surface area contributed by atoms with Crippen LogP contribution in [0.5, 0.6) is 0 Å². The number of thiophene rings is 1. The SMILES string of the molecule is CCOC(=O)c1ccsc1NC(=O)CN1CCC(NC(=O)c2ccc(C)o2)CC1. The fraction of sp³-hybridized carbons (Fsp3) is 0.450. The lowest BCUT2D eigenvalue weighted by Gasteiger charge is -2.31. The van der Waals surface area contributed by atoms with Crippen LogP contribution < -0.4 is 10.6 Å². The van der Waals surface area contributed by atoms with Gasteiger partial charge in [-0.3, -0.25) is 14.5 Å². The molecule has 2 amide bonds. The molecule has 156 valence electrons. The molecule has 2 aromatic heterocycles. The van der Waals surface area contributed by atoms with Crippen molar-refractivity contribution in [2.45, 2.75) is 32.7 Å². The van der Waals surface area contributed by atoms with Gasteiger partial charge in [0.1, 0.15) is 10.8 Å². The number of anilines is 1. The normalized spacial score (nSPS) is 15.1. The third-order valence-electron chi connectivity index (χ3n) is 4.67. The Labute approximate surface area is 173 Å². The van der Waals surface area contributed by atoms with Gasteiger partial charge >= 0.3 is 5.97 Å². The molecular formula is C20H25N3O5S. The van der Waals surface area contributed by atoms with Crippen molar-refractivity contribution in [1.82, 2.24) is 10.2 Å². The molecule has 1 aliphatic heterocycles. The molecule has 0 unspecified atom stereocenters. The van der Waals surface area contributed by atoms with Crippen molar-refractivity contribution in [3.05, 3.63) is 40.7 Å². The molecule has 3 rings (SSSR count). The first-order valence-electron chi connectivity index (χ1n) is 9.60. The van der Waals surface area contributed by atoms with Gasteiger partial charge in [0.15, 0.2) is 5.76 Å². The molecule has 3 heterocycles. The molecule has 0 bridgehead atoms. The van der Waals surface area contributed by atoms with E-state index in [0.717, 1.165) is 12.8 Å². The van der Waals surface area contributed by atoms with Crippen LogP contribution in [0.3, 0.4) is 0 Å². The van der Waals surface area contributed by atoms with Gasteiger partial charge in [0.05, 0.1) is 18.7 Å². The molecule has 0 radical (unpaired) electrons. The number of amides is 2. The quantitative estimate of drug-likeness (QED) is 0.669. The van der Waals surface area contributed by atoms with Crippen molar-refractivity contribution in [3.63, 3.8) is 0 Å². The average Bonchev–Trinajstić information content (AvgIpc) is 3.32. The monoisotopic (exact) mass is 419 g/mol. The first-order chi connectivity index (χ1) is 14.0. The molecule has 0 atom stereocenters. The van der Waals surface area contributed by atoms with Crippen molar-refractivity contribution in [2.75, 3.05) is 31.6 Å². The third kappa shape index (κ3) is 5.68. The van der Waals surface area contributed by atoms with Crippen LogP contribution in [0.15, 0.2) is 28.0 Å². The number of carbonyl (C=O) groups is 3. The van der Waals surface area contributed by atoms with Crippen molar-refractivity contribution >= 4 is 34.1 Å². The Morgan fingerprint density at radius 1 is 1.24 bits per heavy atom. The minimum atomic E-state index is -0.438. The van der Waals surface area contributed by atoms with Crippen molar-refractivity contribution in [2.24, 2.45) is 0 Å². The Hall–Kier alpha value is -2.65. The smallest absolute Gasteiger partial charge is 0.341 e. The molecule has 8 nitrogen and oxygen atoms in total. The Balaban J connectivity index is 1.44. The number of ether oxygens (including phenoxy) is 1. The number of piperidine rings is 1. The topological polar surface area (TPSA) is 101 Å². The van der Waals surface area contributed by atoms with Crippen LogP contribution in [0.2, 0.25) is 0 Å². The van der Waals surface area contributed by atoms with E-state index in [1.54, 1.807) is 37.4 Å². The molecule has 0 aliphatic carbocycles. The van der Waals surface area contributed by atoms with E-state index >= 15 is 0 Å². The summed E-state index contributed by atoms with van der Waals surface area (Å²) in [6.07, 6.45) is 1.51. The molecule has 1 aliphatic rings. The fourth-order valence-corrected chi connectivity index (χ4v) is 3.98. The second-order valence-electron chi connectivity index (χ2n) is 6.87. The van der Waals surface area contributed by atoms with E-state index in [-0.39, 0.29) is 31.0 Å². The highest BCUT2D eigenvalue weighted by Gasteiger charge is 2.24. The molecule has 0 spiro atoms. The molecule has 0 aromatic carbocycles. The Morgan fingerprint density at radius 2 is 2.00 bits per heavy atom. The van der Waals surface area contributed by atoms with Gasteiger partial charge in [-0.15, -0.1) is 11.3 Å². The highest BCUT2D eigenvalue weighted by molar-refractivity contribution is 7.14. The van der Waals surface area contributed by atoms with Crippen molar-refractivity contribution in [3.8, 4) is 0 Å². The summed E-state index contributed by atoms with van der Waals surface area (Å²) in [6.45, 7) is 5.46. The lowest BCUT2D eigenvalue weighted by Crippen LogP contribution is -2.46. The zero-order valence-electron chi connectivity index (χ0n) is 16.5. The minimum absolute atomic E-state index is 0.0555. The molecule has 29 heavy (non-hydrogen) atoms. The third-order valence-corrected chi connectivity index (χ3v) is 5.50. The van der Waals surface area contributed by atoms with Gasteiger partial charge in [-0.1, -0.05) is 0 Å². The lowest BCUT2D eigenvalue weighted by molar-refractivity contribution is -0.117. The van der Waals surface area contributed by atoms with Gasteiger partial charge < -0.3 is 19.8 Å². The number of esters is 1. The van der Waals surface area contributed by atoms with Crippen LogP contribution in [0.25, 0.3) is 0 Å². The predicted molar refractivity (Wildman–Crippen MR) is 109 cm³/mol. The van der Waals surface area contributed by atoms with E-state index in [1.807, 2.05) is 4.90 Å². The standard InChI is InChI=1S/C20H25N3O5S/c1-3-27-20(26)15-8-11-29-19(15)22-17(24)12-23-9-6-14(7-10-23)21-18(25)16-5-4-13(2)28-16/h4-5,8,11,14H,3,6-7,9-10,12H2,1-2H3,(H,21,25)(H,22,24). The van der Waals surface area contributed by atoms with E-state index in [1.165, 1.54) is 11.3 Å². The number of aryl methyl sites for hydroxylation is 1. The van der Waals surface area contributed by atoms with Gasteiger partial charge in [-0.2, -0.15) is 0 Å². The van der Waals surface area contributed by atoms with Crippen LogP contribution in [-0.2, 0) is 9.53 Å². The molecule has 9 heteroatoms. The number of likely N-dealkylation sites (tertiary alicyclic amines) is 1. The van der Waals surface area contributed by atoms with Gasteiger partial charge in [-0.25, -0.2) is 4.79 Å². The van der Waals surface area contributed by atoms with E-state index in [9.17, 15) is 14.4 Å².